The summed E-state index contributed by atoms with van der Waals surface area (Å²) in [5.41, 5.74) is 1.29. The minimum Gasteiger partial charge on any atom is -0.396 e. The van der Waals surface area contributed by atoms with Crippen LogP contribution in [-0.4, -0.2) is 65.5 Å². The first-order chi connectivity index (χ1) is 17.0. The van der Waals surface area contributed by atoms with Crippen LogP contribution >= 0.6 is 0 Å². The Hall–Kier alpha value is -2.77. The Balaban J connectivity index is 1.34. The van der Waals surface area contributed by atoms with E-state index in [2.05, 4.69) is 17.1 Å². The molecule has 0 radical (unpaired) electrons. The Morgan fingerprint density at radius 3 is 2.37 bits per heavy atom. The predicted octanol–water partition coefficient (Wildman–Crippen LogP) is 4.02. The van der Waals surface area contributed by atoms with Gasteiger partial charge >= 0.3 is 0 Å². The van der Waals surface area contributed by atoms with Gasteiger partial charge in [-0.1, -0.05) is 25.1 Å². The fourth-order valence-corrected chi connectivity index (χ4v) is 5.37. The van der Waals surface area contributed by atoms with Crippen molar-refractivity contribution in [1.82, 2.24) is 15.1 Å². The van der Waals surface area contributed by atoms with Crippen molar-refractivity contribution >= 4 is 11.8 Å². The molecular formula is C28H36FN3O3. The van der Waals surface area contributed by atoms with Gasteiger partial charge in [0.25, 0.3) is 11.8 Å². The molecule has 2 atom stereocenters. The van der Waals surface area contributed by atoms with Gasteiger partial charge in [0, 0.05) is 49.0 Å². The first-order valence-corrected chi connectivity index (χ1v) is 12.8. The quantitative estimate of drug-likeness (QED) is 0.627. The number of benzene rings is 2. The van der Waals surface area contributed by atoms with E-state index in [0.717, 1.165) is 38.4 Å². The summed E-state index contributed by atoms with van der Waals surface area (Å²) in [5, 5.41) is 12.2. The SMILES string of the molecule is C[C@@H]1CCCN(C2CCN(C(=O)c3ccc(C(=O)NC(CCO)c4ccccc4F)cc3)CC2)C1. The minimum atomic E-state index is -0.640. The lowest BCUT2D eigenvalue weighted by Crippen LogP contribution is -2.49. The van der Waals surface area contributed by atoms with E-state index >= 15 is 0 Å². The van der Waals surface area contributed by atoms with Crippen molar-refractivity contribution in [2.45, 2.75) is 51.1 Å². The topological polar surface area (TPSA) is 72.9 Å². The van der Waals surface area contributed by atoms with Crippen LogP contribution in [0.3, 0.4) is 0 Å². The van der Waals surface area contributed by atoms with Crippen LogP contribution in [0.1, 0.15) is 71.3 Å². The summed E-state index contributed by atoms with van der Waals surface area (Å²) >= 11 is 0. The third-order valence-corrected chi connectivity index (χ3v) is 7.35. The zero-order valence-electron chi connectivity index (χ0n) is 20.5. The smallest absolute Gasteiger partial charge is 0.253 e. The molecule has 2 aliphatic rings. The van der Waals surface area contributed by atoms with Crippen LogP contribution in [-0.2, 0) is 0 Å². The largest absolute Gasteiger partial charge is 0.396 e. The number of amides is 2. The highest BCUT2D eigenvalue weighted by atomic mass is 19.1. The van der Waals surface area contributed by atoms with Crippen molar-refractivity contribution in [1.29, 1.82) is 0 Å². The monoisotopic (exact) mass is 481 g/mol. The molecule has 2 aromatic carbocycles. The zero-order chi connectivity index (χ0) is 24.8. The molecule has 2 amide bonds. The average Bonchev–Trinajstić information content (AvgIpc) is 2.88. The fourth-order valence-electron chi connectivity index (χ4n) is 5.37. The van der Waals surface area contributed by atoms with E-state index in [1.54, 1.807) is 42.5 Å². The van der Waals surface area contributed by atoms with Crippen molar-refractivity contribution in [2.75, 3.05) is 32.8 Å². The first-order valence-electron chi connectivity index (χ1n) is 12.8. The number of carbonyl (C=O) groups excluding carboxylic acids is 2. The van der Waals surface area contributed by atoms with Crippen molar-refractivity contribution in [3.05, 3.63) is 71.0 Å². The number of piperidine rings is 2. The molecule has 2 aliphatic heterocycles. The normalized spacial score (nSPS) is 20.4. The molecular weight excluding hydrogens is 445 g/mol. The second-order valence-corrected chi connectivity index (χ2v) is 9.90. The molecule has 7 heteroatoms. The summed E-state index contributed by atoms with van der Waals surface area (Å²) in [7, 11) is 0. The lowest BCUT2D eigenvalue weighted by molar-refractivity contribution is 0.0541. The van der Waals surface area contributed by atoms with Crippen LogP contribution in [0, 0.1) is 11.7 Å². The van der Waals surface area contributed by atoms with Gasteiger partial charge in [-0.05, 0) is 74.9 Å². The van der Waals surface area contributed by atoms with Crippen molar-refractivity contribution in [2.24, 2.45) is 5.92 Å². The van der Waals surface area contributed by atoms with E-state index in [0.29, 0.717) is 22.7 Å². The Bertz CT molecular complexity index is 1000. The lowest BCUT2D eigenvalue weighted by Gasteiger charge is -2.41. The minimum absolute atomic E-state index is 0.00747. The van der Waals surface area contributed by atoms with Gasteiger partial charge in [-0.15, -0.1) is 0 Å². The Labute approximate surface area is 207 Å². The van der Waals surface area contributed by atoms with Gasteiger partial charge in [-0.2, -0.15) is 0 Å². The molecule has 35 heavy (non-hydrogen) atoms. The van der Waals surface area contributed by atoms with Gasteiger partial charge in [0.1, 0.15) is 5.82 Å². The molecule has 2 N–H and O–H groups in total. The molecule has 188 valence electrons. The molecule has 1 unspecified atom stereocenters. The molecule has 2 aromatic rings. The molecule has 2 heterocycles. The molecule has 0 aliphatic carbocycles. The van der Waals surface area contributed by atoms with Crippen LogP contribution in [0.2, 0.25) is 0 Å². The van der Waals surface area contributed by atoms with Gasteiger partial charge in [-0.25, -0.2) is 4.39 Å². The number of carbonyl (C=O) groups is 2. The number of hydrogen-bond donors (Lipinski definition) is 2. The van der Waals surface area contributed by atoms with E-state index in [4.69, 9.17) is 0 Å². The van der Waals surface area contributed by atoms with Crippen molar-refractivity contribution < 1.29 is 19.1 Å². The summed E-state index contributed by atoms with van der Waals surface area (Å²) in [6.07, 6.45) is 4.78. The standard InChI is InChI=1S/C28H36FN3O3/c1-20-5-4-15-32(19-20)23-12-16-31(17-13-23)28(35)22-10-8-21(9-11-22)27(34)30-26(14-18-33)24-6-2-3-7-25(24)29/h2-3,6-11,20,23,26,33H,4-5,12-19H2,1H3,(H,30,34)/t20-,26?/m1/s1. The molecule has 2 saturated heterocycles. The third kappa shape index (κ3) is 6.27. The Morgan fingerprint density at radius 2 is 1.71 bits per heavy atom. The second-order valence-electron chi connectivity index (χ2n) is 9.90. The summed E-state index contributed by atoms with van der Waals surface area (Å²) in [6, 6.07) is 12.8. The Kier molecular flexibility index (Phi) is 8.52. The van der Waals surface area contributed by atoms with Gasteiger partial charge in [0.15, 0.2) is 0 Å². The van der Waals surface area contributed by atoms with Gasteiger partial charge in [-0.3, -0.25) is 14.5 Å². The molecule has 0 bridgehead atoms. The van der Waals surface area contributed by atoms with Gasteiger partial charge < -0.3 is 15.3 Å². The van der Waals surface area contributed by atoms with Crippen molar-refractivity contribution in [3.8, 4) is 0 Å². The van der Waals surface area contributed by atoms with Gasteiger partial charge in [0.2, 0.25) is 0 Å². The molecule has 0 spiro atoms. The highest BCUT2D eigenvalue weighted by Gasteiger charge is 2.29. The van der Waals surface area contributed by atoms with E-state index in [1.165, 1.54) is 25.5 Å². The number of nitrogens with one attached hydrogen (secondary N) is 1. The van der Waals surface area contributed by atoms with E-state index in [9.17, 15) is 19.1 Å². The molecule has 0 saturated carbocycles. The third-order valence-electron chi connectivity index (χ3n) is 7.35. The van der Waals surface area contributed by atoms with Crippen LogP contribution in [0.25, 0.3) is 0 Å². The number of hydrogen-bond acceptors (Lipinski definition) is 4. The molecule has 0 aromatic heterocycles. The van der Waals surface area contributed by atoms with Crippen LogP contribution in [0.4, 0.5) is 4.39 Å². The van der Waals surface area contributed by atoms with Crippen LogP contribution < -0.4 is 5.32 Å². The molecule has 2 fully saturated rings. The lowest BCUT2D eigenvalue weighted by atomic mass is 9.95. The summed E-state index contributed by atoms with van der Waals surface area (Å²) in [4.78, 5) is 30.4. The van der Waals surface area contributed by atoms with Gasteiger partial charge in [0.05, 0.1) is 6.04 Å². The zero-order valence-corrected chi connectivity index (χ0v) is 20.5. The van der Waals surface area contributed by atoms with Crippen molar-refractivity contribution in [3.63, 3.8) is 0 Å². The maximum atomic E-state index is 14.2. The number of rotatable bonds is 7. The number of nitrogens with zero attached hydrogens (tertiary/aromatic N) is 2. The summed E-state index contributed by atoms with van der Waals surface area (Å²) < 4.78 is 14.2. The van der Waals surface area contributed by atoms with E-state index in [-0.39, 0.29) is 24.8 Å². The number of likely N-dealkylation sites (tertiary alicyclic amines) is 2. The average molecular weight is 482 g/mol. The summed E-state index contributed by atoms with van der Waals surface area (Å²) in [5.74, 6) is -0.0512. The predicted molar refractivity (Wildman–Crippen MR) is 134 cm³/mol. The first kappa shape index (κ1) is 25.3. The number of halogens is 1. The second kappa shape index (κ2) is 11.8. The summed E-state index contributed by atoms with van der Waals surface area (Å²) in [6.45, 7) is 5.98. The fraction of sp³-hybridized carbons (Fsp3) is 0.500. The number of aliphatic hydroxyl groups is 1. The highest BCUT2D eigenvalue weighted by molar-refractivity contribution is 5.98. The number of aliphatic hydroxyl groups excluding tert-OH is 1. The Morgan fingerprint density at radius 1 is 1.03 bits per heavy atom. The van der Waals surface area contributed by atoms with E-state index < -0.39 is 11.9 Å². The maximum absolute atomic E-state index is 14.2. The molecule has 6 nitrogen and oxygen atoms in total. The van der Waals surface area contributed by atoms with Crippen LogP contribution in [0.15, 0.2) is 48.5 Å². The molecule has 4 rings (SSSR count). The van der Waals surface area contributed by atoms with Crippen LogP contribution in [0.5, 0.6) is 0 Å². The maximum Gasteiger partial charge on any atom is 0.253 e. The highest BCUT2D eigenvalue weighted by Crippen LogP contribution is 2.25. The van der Waals surface area contributed by atoms with E-state index in [1.807, 2.05) is 4.90 Å².